The predicted molar refractivity (Wildman–Crippen MR) is 75.4 cm³/mol. The van der Waals surface area contributed by atoms with Crippen molar-refractivity contribution in [3.8, 4) is 0 Å². The SMILES string of the molecule is Cc1nc2ncccn2c1C(=O)NCc1csc(N)n1. The predicted octanol–water partition coefficient (Wildman–Crippen LogP) is 1.01. The van der Waals surface area contributed by atoms with Crippen LogP contribution in [-0.4, -0.2) is 25.3 Å². The molecule has 0 fully saturated rings. The van der Waals surface area contributed by atoms with E-state index in [4.69, 9.17) is 5.73 Å². The average molecular weight is 288 g/mol. The fraction of sp³-hybridized carbons (Fsp3) is 0.167. The second-order valence-electron chi connectivity index (χ2n) is 4.20. The lowest BCUT2D eigenvalue weighted by atomic mass is 10.3. The number of nitrogens with one attached hydrogen (secondary N) is 1. The lowest BCUT2D eigenvalue weighted by Gasteiger charge is -2.04. The first-order valence-corrected chi connectivity index (χ1v) is 6.81. The lowest BCUT2D eigenvalue weighted by Crippen LogP contribution is -2.25. The molecule has 0 aromatic carbocycles. The van der Waals surface area contributed by atoms with Crippen molar-refractivity contribution in [1.82, 2.24) is 24.7 Å². The van der Waals surface area contributed by atoms with Crippen LogP contribution in [0, 0.1) is 6.92 Å². The molecule has 3 rings (SSSR count). The first-order valence-electron chi connectivity index (χ1n) is 5.93. The molecule has 8 heteroatoms. The van der Waals surface area contributed by atoms with Crippen molar-refractivity contribution in [3.05, 3.63) is 40.9 Å². The number of aryl methyl sites for hydroxylation is 1. The Balaban J connectivity index is 1.83. The number of aromatic nitrogens is 4. The van der Waals surface area contributed by atoms with Gasteiger partial charge in [0.15, 0.2) is 5.13 Å². The molecule has 1 amide bonds. The smallest absolute Gasteiger partial charge is 0.270 e. The van der Waals surface area contributed by atoms with Crippen LogP contribution in [0.25, 0.3) is 5.78 Å². The molecular formula is C12H12N6OS. The van der Waals surface area contributed by atoms with E-state index in [1.54, 1.807) is 29.8 Å². The lowest BCUT2D eigenvalue weighted by molar-refractivity contribution is 0.0944. The summed E-state index contributed by atoms with van der Waals surface area (Å²) < 4.78 is 1.67. The van der Waals surface area contributed by atoms with Crippen molar-refractivity contribution in [1.29, 1.82) is 0 Å². The zero-order valence-electron chi connectivity index (χ0n) is 10.7. The van der Waals surface area contributed by atoms with Crippen LogP contribution in [0.2, 0.25) is 0 Å². The molecule has 0 spiro atoms. The van der Waals surface area contributed by atoms with Gasteiger partial charge in [-0.15, -0.1) is 11.3 Å². The summed E-state index contributed by atoms with van der Waals surface area (Å²) in [5.41, 5.74) is 7.41. The van der Waals surface area contributed by atoms with Crippen molar-refractivity contribution in [3.63, 3.8) is 0 Å². The number of hydrogen-bond donors (Lipinski definition) is 2. The Morgan fingerprint density at radius 1 is 1.50 bits per heavy atom. The molecule has 0 radical (unpaired) electrons. The third kappa shape index (κ3) is 2.21. The van der Waals surface area contributed by atoms with Crippen LogP contribution < -0.4 is 11.1 Å². The van der Waals surface area contributed by atoms with Crippen LogP contribution in [0.4, 0.5) is 5.13 Å². The van der Waals surface area contributed by atoms with Gasteiger partial charge in [-0.2, -0.15) is 0 Å². The molecule has 0 aliphatic rings. The number of nitrogen functional groups attached to an aromatic ring is 1. The van der Waals surface area contributed by atoms with Crippen LogP contribution in [0.3, 0.4) is 0 Å². The highest BCUT2D eigenvalue weighted by atomic mass is 32.1. The second-order valence-corrected chi connectivity index (χ2v) is 5.08. The Bertz CT molecular complexity index is 777. The molecule has 0 unspecified atom stereocenters. The Hall–Kier alpha value is -2.48. The van der Waals surface area contributed by atoms with E-state index in [2.05, 4.69) is 20.3 Å². The van der Waals surface area contributed by atoms with Gasteiger partial charge in [0.25, 0.3) is 5.91 Å². The Morgan fingerprint density at radius 3 is 3.10 bits per heavy atom. The van der Waals surface area contributed by atoms with Crippen molar-refractivity contribution >= 4 is 28.2 Å². The van der Waals surface area contributed by atoms with Gasteiger partial charge in [-0.3, -0.25) is 9.20 Å². The Labute approximate surface area is 118 Å². The van der Waals surface area contributed by atoms with Gasteiger partial charge in [0.05, 0.1) is 17.9 Å². The molecule has 3 aromatic rings. The third-order valence-electron chi connectivity index (χ3n) is 2.79. The minimum Gasteiger partial charge on any atom is -0.375 e. The number of amides is 1. The maximum absolute atomic E-state index is 12.3. The Kier molecular flexibility index (Phi) is 3.07. The number of rotatable bonds is 3. The summed E-state index contributed by atoms with van der Waals surface area (Å²) >= 11 is 1.35. The monoisotopic (exact) mass is 288 g/mol. The number of fused-ring (bicyclic) bond motifs is 1. The number of carbonyl (C=O) groups excluding carboxylic acids is 1. The van der Waals surface area contributed by atoms with Gasteiger partial charge in [-0.25, -0.2) is 15.0 Å². The zero-order chi connectivity index (χ0) is 14.1. The van der Waals surface area contributed by atoms with E-state index in [0.717, 1.165) is 5.69 Å². The van der Waals surface area contributed by atoms with Gasteiger partial charge in [-0.05, 0) is 13.0 Å². The van der Waals surface area contributed by atoms with Gasteiger partial charge < -0.3 is 11.1 Å². The van der Waals surface area contributed by atoms with E-state index in [0.29, 0.717) is 28.8 Å². The summed E-state index contributed by atoms with van der Waals surface area (Å²) in [6, 6.07) is 1.76. The molecule has 3 N–H and O–H groups in total. The van der Waals surface area contributed by atoms with E-state index in [1.807, 2.05) is 5.38 Å². The first kappa shape index (κ1) is 12.5. The van der Waals surface area contributed by atoms with Crippen LogP contribution in [0.1, 0.15) is 21.9 Å². The van der Waals surface area contributed by atoms with E-state index in [-0.39, 0.29) is 5.91 Å². The van der Waals surface area contributed by atoms with Gasteiger partial charge in [0.2, 0.25) is 5.78 Å². The molecule has 3 aromatic heterocycles. The molecular weight excluding hydrogens is 276 g/mol. The van der Waals surface area contributed by atoms with Crippen LogP contribution >= 0.6 is 11.3 Å². The van der Waals surface area contributed by atoms with Crippen molar-refractivity contribution < 1.29 is 4.79 Å². The molecule has 0 atom stereocenters. The van der Waals surface area contributed by atoms with Crippen molar-refractivity contribution in [2.45, 2.75) is 13.5 Å². The van der Waals surface area contributed by atoms with E-state index < -0.39 is 0 Å². The average Bonchev–Trinajstić information content (AvgIpc) is 2.98. The number of carbonyl (C=O) groups is 1. The Morgan fingerprint density at radius 2 is 2.35 bits per heavy atom. The molecule has 3 heterocycles. The van der Waals surface area contributed by atoms with Crippen LogP contribution in [-0.2, 0) is 6.54 Å². The van der Waals surface area contributed by atoms with Crippen LogP contribution in [0.5, 0.6) is 0 Å². The second kappa shape index (κ2) is 4.89. The summed E-state index contributed by atoms with van der Waals surface area (Å²) in [5, 5.41) is 5.12. The minimum absolute atomic E-state index is 0.213. The zero-order valence-corrected chi connectivity index (χ0v) is 11.5. The number of nitrogens with zero attached hydrogens (tertiary/aromatic N) is 4. The molecule has 7 nitrogen and oxygen atoms in total. The van der Waals surface area contributed by atoms with Gasteiger partial charge in [0, 0.05) is 17.8 Å². The highest BCUT2D eigenvalue weighted by Gasteiger charge is 2.16. The molecule has 20 heavy (non-hydrogen) atoms. The maximum Gasteiger partial charge on any atom is 0.270 e. The number of hydrogen-bond acceptors (Lipinski definition) is 6. The first-order chi connectivity index (χ1) is 9.65. The molecule has 102 valence electrons. The maximum atomic E-state index is 12.3. The number of thiazole rings is 1. The fourth-order valence-corrected chi connectivity index (χ4v) is 2.49. The summed E-state index contributed by atoms with van der Waals surface area (Å²) in [4.78, 5) is 24.7. The van der Waals surface area contributed by atoms with Gasteiger partial charge in [0.1, 0.15) is 5.69 Å². The van der Waals surface area contributed by atoms with Crippen LogP contribution in [0.15, 0.2) is 23.8 Å². The highest BCUT2D eigenvalue weighted by Crippen LogP contribution is 2.12. The third-order valence-corrected chi connectivity index (χ3v) is 3.52. The molecule has 0 bridgehead atoms. The topological polar surface area (TPSA) is 98.2 Å². The quantitative estimate of drug-likeness (QED) is 0.749. The fourth-order valence-electron chi connectivity index (χ4n) is 1.93. The largest absolute Gasteiger partial charge is 0.375 e. The summed E-state index contributed by atoms with van der Waals surface area (Å²) in [6.45, 7) is 2.11. The normalized spacial score (nSPS) is 10.8. The van der Waals surface area contributed by atoms with Gasteiger partial charge in [-0.1, -0.05) is 0 Å². The number of imidazole rings is 1. The van der Waals surface area contributed by atoms with E-state index in [1.165, 1.54) is 11.3 Å². The standard InChI is InChI=1S/C12H12N6OS/c1-7-9(18-4-2-3-14-12(18)16-7)10(19)15-5-8-6-20-11(13)17-8/h2-4,6H,5H2,1H3,(H2,13,17)(H,15,19). The highest BCUT2D eigenvalue weighted by molar-refractivity contribution is 7.13. The van der Waals surface area contributed by atoms with Crippen molar-refractivity contribution in [2.24, 2.45) is 0 Å². The number of nitrogens with two attached hydrogens (primary N) is 1. The summed E-state index contributed by atoms with van der Waals surface area (Å²) in [6.07, 6.45) is 3.40. The molecule has 0 aliphatic carbocycles. The van der Waals surface area contributed by atoms with E-state index in [9.17, 15) is 4.79 Å². The molecule has 0 aliphatic heterocycles. The molecule has 0 saturated carbocycles. The number of anilines is 1. The minimum atomic E-state index is -0.213. The van der Waals surface area contributed by atoms with Gasteiger partial charge >= 0.3 is 0 Å². The summed E-state index contributed by atoms with van der Waals surface area (Å²) in [7, 11) is 0. The van der Waals surface area contributed by atoms with Crippen molar-refractivity contribution in [2.75, 3.05) is 5.73 Å². The van der Waals surface area contributed by atoms with E-state index >= 15 is 0 Å². The molecule has 0 saturated heterocycles. The summed E-state index contributed by atoms with van der Waals surface area (Å²) in [5.74, 6) is 0.294.